The van der Waals surface area contributed by atoms with E-state index < -0.39 is 0 Å². The maximum Gasteiger partial charge on any atom is 0.0594 e. The van der Waals surface area contributed by atoms with E-state index in [1.165, 1.54) is 70.6 Å². The summed E-state index contributed by atoms with van der Waals surface area (Å²) in [4.78, 5) is 0. The Hall–Kier alpha value is -0.560. The fourth-order valence-electron chi connectivity index (χ4n) is 10.3. The van der Waals surface area contributed by atoms with Crippen LogP contribution in [0.15, 0.2) is 23.3 Å². The Morgan fingerprint density at radius 1 is 0.971 bits per heavy atom. The monoisotopic (exact) mass is 466 g/mol. The van der Waals surface area contributed by atoms with Crippen LogP contribution in [0.4, 0.5) is 0 Å². The smallest absolute Gasteiger partial charge is 0.0594 e. The number of allylic oxidation sites excluding steroid dienone is 4. The van der Waals surface area contributed by atoms with E-state index in [1.807, 2.05) is 5.57 Å². The third kappa shape index (κ3) is 3.64. The van der Waals surface area contributed by atoms with Crippen molar-refractivity contribution in [3.63, 3.8) is 0 Å². The molecular formula is C33H54O. The fraction of sp³-hybridized carbons (Fsp3) is 0.879. The number of hydrogen-bond acceptors (Lipinski definition) is 1. The standard InChI is InChI=1S/C33H54O/c1-22(2)9-8-10-23(3)25-16-20-33(21-24-11-12-24)27-13-14-28-30(4,5)29(34)17-18-31(28,6)26(27)15-19-32(25,33)7/h13,21-23,25-26,28-29,34H,8-12,14-20H2,1-7H3/t23-,25-,26+,28+,29+,31-,32-,33-/m1/s1. The molecule has 0 aromatic rings. The second-order valence-corrected chi connectivity index (χ2v) is 15.1. The summed E-state index contributed by atoms with van der Waals surface area (Å²) in [5.41, 5.74) is 4.74. The predicted molar refractivity (Wildman–Crippen MR) is 144 cm³/mol. The van der Waals surface area contributed by atoms with Crippen molar-refractivity contribution in [3.8, 4) is 0 Å². The Morgan fingerprint density at radius 3 is 2.38 bits per heavy atom. The normalized spacial score (nSPS) is 45.8. The minimum absolute atomic E-state index is 0.0288. The first-order chi connectivity index (χ1) is 16.0. The van der Waals surface area contributed by atoms with Crippen molar-refractivity contribution in [3.05, 3.63) is 23.3 Å². The summed E-state index contributed by atoms with van der Waals surface area (Å²) in [6.07, 6.45) is 21.4. The van der Waals surface area contributed by atoms with Gasteiger partial charge in [-0.3, -0.25) is 0 Å². The lowest BCUT2D eigenvalue weighted by Crippen LogP contribution is -2.58. The maximum atomic E-state index is 10.9. The van der Waals surface area contributed by atoms with Gasteiger partial charge in [0.1, 0.15) is 0 Å². The molecule has 4 fully saturated rings. The number of fused-ring (bicyclic) bond motifs is 5. The lowest BCUT2D eigenvalue weighted by molar-refractivity contribution is -0.129. The van der Waals surface area contributed by atoms with E-state index in [0.717, 1.165) is 30.1 Å². The lowest BCUT2D eigenvalue weighted by atomic mass is 9.40. The lowest BCUT2D eigenvalue weighted by Gasteiger charge is -2.64. The summed E-state index contributed by atoms with van der Waals surface area (Å²) in [5.74, 6) is 3.87. The molecule has 0 unspecified atom stereocenters. The molecule has 0 aliphatic heterocycles. The molecule has 1 heteroatoms. The molecule has 0 bridgehead atoms. The first-order valence-electron chi connectivity index (χ1n) is 15.0. The van der Waals surface area contributed by atoms with Gasteiger partial charge in [-0.25, -0.2) is 0 Å². The largest absolute Gasteiger partial charge is 0.393 e. The number of rotatable bonds is 6. The zero-order chi connectivity index (χ0) is 24.5. The maximum absolute atomic E-state index is 10.9. The molecule has 5 rings (SSSR count). The van der Waals surface area contributed by atoms with E-state index in [1.54, 1.807) is 5.57 Å². The SMILES string of the molecule is CC(C)CCC[C@@H](C)[C@H]1CC[C@@]2(C=C3CC3)C3=CC[C@H]4C(C)(C)[C@@H](O)CC[C@]4(C)[C@H]3CC[C@]12C. The van der Waals surface area contributed by atoms with Crippen LogP contribution >= 0.6 is 0 Å². The highest BCUT2D eigenvalue weighted by Crippen LogP contribution is 2.74. The van der Waals surface area contributed by atoms with Crippen molar-refractivity contribution >= 4 is 0 Å². The molecule has 5 aliphatic carbocycles. The van der Waals surface area contributed by atoms with Gasteiger partial charge in [0.2, 0.25) is 0 Å². The summed E-state index contributed by atoms with van der Waals surface area (Å²) >= 11 is 0. The van der Waals surface area contributed by atoms with Crippen LogP contribution in [0.5, 0.6) is 0 Å². The Balaban J connectivity index is 1.50. The summed E-state index contributed by atoms with van der Waals surface area (Å²) in [6, 6.07) is 0. The van der Waals surface area contributed by atoms with Crippen LogP contribution in [-0.4, -0.2) is 11.2 Å². The second-order valence-electron chi connectivity index (χ2n) is 15.1. The first kappa shape index (κ1) is 25.1. The molecule has 0 saturated heterocycles. The average molecular weight is 467 g/mol. The van der Waals surface area contributed by atoms with E-state index in [9.17, 15) is 5.11 Å². The zero-order valence-electron chi connectivity index (χ0n) is 23.6. The Kier molecular flexibility index (Phi) is 6.27. The Bertz CT molecular complexity index is 841. The van der Waals surface area contributed by atoms with Crippen molar-refractivity contribution in [2.75, 3.05) is 0 Å². The molecule has 5 aliphatic rings. The van der Waals surface area contributed by atoms with E-state index in [4.69, 9.17) is 0 Å². The minimum Gasteiger partial charge on any atom is -0.393 e. The predicted octanol–water partition coefficient (Wildman–Crippen LogP) is 9.12. The summed E-state index contributed by atoms with van der Waals surface area (Å²) < 4.78 is 0. The molecule has 0 amide bonds. The van der Waals surface area contributed by atoms with Gasteiger partial charge in [-0.1, -0.05) is 91.0 Å². The number of aliphatic hydroxyl groups is 1. The van der Waals surface area contributed by atoms with Crippen LogP contribution in [0.1, 0.15) is 126 Å². The first-order valence-corrected chi connectivity index (χ1v) is 15.0. The minimum atomic E-state index is -0.139. The summed E-state index contributed by atoms with van der Waals surface area (Å²) in [7, 11) is 0. The van der Waals surface area contributed by atoms with Gasteiger partial charge in [0.05, 0.1) is 6.10 Å². The van der Waals surface area contributed by atoms with Crippen LogP contribution in [0.25, 0.3) is 0 Å². The second kappa shape index (κ2) is 8.49. The molecule has 0 spiro atoms. The zero-order valence-corrected chi connectivity index (χ0v) is 23.6. The highest BCUT2D eigenvalue weighted by molar-refractivity contribution is 5.41. The molecule has 0 aromatic carbocycles. The van der Waals surface area contributed by atoms with Gasteiger partial charge in [-0.15, -0.1) is 0 Å². The van der Waals surface area contributed by atoms with Crippen molar-refractivity contribution in [1.82, 2.24) is 0 Å². The van der Waals surface area contributed by atoms with Crippen molar-refractivity contribution in [2.24, 2.45) is 51.2 Å². The third-order valence-electron chi connectivity index (χ3n) is 12.5. The highest BCUT2D eigenvalue weighted by Gasteiger charge is 2.66. The fourth-order valence-corrected chi connectivity index (χ4v) is 10.3. The van der Waals surface area contributed by atoms with Gasteiger partial charge < -0.3 is 5.11 Å². The molecule has 1 N–H and O–H groups in total. The van der Waals surface area contributed by atoms with Crippen molar-refractivity contribution in [2.45, 2.75) is 132 Å². The van der Waals surface area contributed by atoms with Gasteiger partial charge in [-0.2, -0.15) is 0 Å². The average Bonchev–Trinajstić information content (AvgIpc) is 3.51. The van der Waals surface area contributed by atoms with Gasteiger partial charge in [-0.05, 0) is 104 Å². The van der Waals surface area contributed by atoms with Gasteiger partial charge >= 0.3 is 0 Å². The quantitative estimate of drug-likeness (QED) is 0.387. The molecule has 0 radical (unpaired) electrons. The van der Waals surface area contributed by atoms with Crippen LogP contribution in [0.3, 0.4) is 0 Å². The highest BCUT2D eigenvalue weighted by atomic mass is 16.3. The summed E-state index contributed by atoms with van der Waals surface area (Å²) in [6.45, 7) is 17.4. The van der Waals surface area contributed by atoms with Gasteiger partial charge in [0, 0.05) is 5.41 Å². The Labute approximate surface area is 211 Å². The van der Waals surface area contributed by atoms with Crippen LogP contribution in [-0.2, 0) is 0 Å². The van der Waals surface area contributed by atoms with E-state index in [2.05, 4.69) is 60.6 Å². The molecule has 0 heterocycles. The van der Waals surface area contributed by atoms with Crippen molar-refractivity contribution in [1.29, 1.82) is 0 Å². The van der Waals surface area contributed by atoms with Crippen LogP contribution in [0.2, 0.25) is 0 Å². The van der Waals surface area contributed by atoms with Crippen LogP contribution < -0.4 is 0 Å². The molecule has 34 heavy (non-hydrogen) atoms. The molecule has 0 aromatic heterocycles. The molecule has 8 atom stereocenters. The van der Waals surface area contributed by atoms with E-state index in [-0.39, 0.29) is 11.5 Å². The number of aliphatic hydroxyl groups excluding tert-OH is 1. The topological polar surface area (TPSA) is 20.2 Å². The van der Waals surface area contributed by atoms with Crippen LogP contribution in [0, 0.1) is 51.2 Å². The molecular weight excluding hydrogens is 412 g/mol. The molecule has 4 saturated carbocycles. The van der Waals surface area contributed by atoms with E-state index in [0.29, 0.717) is 22.2 Å². The molecule has 192 valence electrons. The van der Waals surface area contributed by atoms with Gasteiger partial charge in [0.15, 0.2) is 0 Å². The summed E-state index contributed by atoms with van der Waals surface area (Å²) in [5, 5.41) is 10.9. The Morgan fingerprint density at radius 2 is 1.71 bits per heavy atom. The number of hydrogen-bond donors (Lipinski definition) is 1. The third-order valence-corrected chi connectivity index (χ3v) is 12.5. The van der Waals surface area contributed by atoms with E-state index >= 15 is 0 Å². The van der Waals surface area contributed by atoms with Gasteiger partial charge in [0.25, 0.3) is 0 Å². The molecule has 1 nitrogen and oxygen atoms in total. The van der Waals surface area contributed by atoms with Crippen molar-refractivity contribution < 1.29 is 5.11 Å².